The molecule has 5 nitrogen and oxygen atoms in total. The monoisotopic (exact) mass is 276 g/mol. The molecule has 2 rings (SSSR count). The molecule has 5 heteroatoms. The number of rotatable bonds is 3. The Bertz CT molecular complexity index is 487. The summed E-state index contributed by atoms with van der Waals surface area (Å²) in [5.41, 5.74) is 1.54. The number of nitrogens with zero attached hydrogens (tertiary/aromatic N) is 3. The molecule has 0 unspecified atom stereocenters. The summed E-state index contributed by atoms with van der Waals surface area (Å²) in [6.45, 7) is 9.55. The zero-order valence-corrected chi connectivity index (χ0v) is 12.8. The number of aromatic nitrogens is 1. The summed E-state index contributed by atoms with van der Waals surface area (Å²) in [6.07, 6.45) is 3.37. The van der Waals surface area contributed by atoms with Crippen LogP contribution in [0.1, 0.15) is 31.1 Å². The van der Waals surface area contributed by atoms with Crippen LogP contribution in [-0.2, 0) is 0 Å². The lowest BCUT2D eigenvalue weighted by Gasteiger charge is -2.45. The fraction of sp³-hybridized carbons (Fsp3) is 0.600. The Kier molecular flexibility index (Phi) is 4.28. The summed E-state index contributed by atoms with van der Waals surface area (Å²) in [7, 11) is 2.11. The van der Waals surface area contributed by atoms with Gasteiger partial charge in [-0.25, -0.2) is 0 Å². The molecular weight excluding hydrogens is 252 g/mol. The molecule has 0 saturated carbocycles. The summed E-state index contributed by atoms with van der Waals surface area (Å²) in [6, 6.07) is 1.86. The molecule has 0 bridgehead atoms. The van der Waals surface area contributed by atoms with Gasteiger partial charge >= 0.3 is 0 Å². The van der Waals surface area contributed by atoms with Gasteiger partial charge in [-0.2, -0.15) is 0 Å². The second-order valence-electron chi connectivity index (χ2n) is 5.91. The minimum Gasteiger partial charge on any atom is -0.385 e. The molecule has 2 heterocycles. The molecule has 1 aromatic rings. The van der Waals surface area contributed by atoms with Gasteiger partial charge in [-0.1, -0.05) is 0 Å². The third-order valence-corrected chi connectivity index (χ3v) is 4.02. The van der Waals surface area contributed by atoms with Crippen LogP contribution >= 0.6 is 0 Å². The third kappa shape index (κ3) is 2.93. The van der Waals surface area contributed by atoms with E-state index in [0.29, 0.717) is 5.56 Å². The summed E-state index contributed by atoms with van der Waals surface area (Å²) in [5, 5.41) is 3.23. The molecule has 0 atom stereocenters. The lowest BCUT2D eigenvalue weighted by atomic mass is 9.99. The quantitative estimate of drug-likeness (QED) is 0.912. The van der Waals surface area contributed by atoms with E-state index in [1.165, 1.54) is 0 Å². The Balaban J connectivity index is 2.20. The molecule has 1 fully saturated rings. The van der Waals surface area contributed by atoms with E-state index in [0.717, 1.165) is 31.9 Å². The van der Waals surface area contributed by atoms with E-state index in [-0.39, 0.29) is 11.4 Å². The summed E-state index contributed by atoms with van der Waals surface area (Å²) in [4.78, 5) is 21.0. The fourth-order valence-corrected chi connectivity index (χ4v) is 2.49. The Morgan fingerprint density at radius 3 is 2.85 bits per heavy atom. The average molecular weight is 276 g/mol. The van der Waals surface area contributed by atoms with Crippen molar-refractivity contribution in [3.63, 3.8) is 0 Å². The van der Waals surface area contributed by atoms with E-state index >= 15 is 0 Å². The molecule has 1 N–H and O–H groups in total. The lowest BCUT2D eigenvalue weighted by molar-refractivity contribution is 0.0312. The number of likely N-dealkylation sites (N-methyl/N-ethyl adjacent to an activating group) is 1. The highest BCUT2D eigenvalue weighted by molar-refractivity contribution is 5.99. The first kappa shape index (κ1) is 14.8. The normalized spacial score (nSPS) is 18.9. The van der Waals surface area contributed by atoms with Crippen molar-refractivity contribution < 1.29 is 4.79 Å². The van der Waals surface area contributed by atoms with Gasteiger partial charge in [-0.3, -0.25) is 14.7 Å². The summed E-state index contributed by atoms with van der Waals surface area (Å²) in [5.74, 6) is 0.0650. The van der Waals surface area contributed by atoms with Gasteiger partial charge in [0.25, 0.3) is 5.91 Å². The van der Waals surface area contributed by atoms with Crippen molar-refractivity contribution in [2.24, 2.45) is 0 Å². The van der Waals surface area contributed by atoms with E-state index in [4.69, 9.17) is 0 Å². The van der Waals surface area contributed by atoms with Crippen LogP contribution in [0.15, 0.2) is 18.5 Å². The second kappa shape index (κ2) is 5.79. The largest absolute Gasteiger partial charge is 0.385 e. The third-order valence-electron chi connectivity index (χ3n) is 4.02. The molecule has 110 valence electrons. The molecule has 1 aliphatic rings. The summed E-state index contributed by atoms with van der Waals surface area (Å²) < 4.78 is 0. The molecule has 1 aromatic heterocycles. The molecule has 1 aliphatic heterocycles. The Hall–Kier alpha value is -1.62. The SMILES string of the molecule is CCNc1ccncc1C(=O)N1CCN(C)C(C)(C)C1. The van der Waals surface area contributed by atoms with E-state index < -0.39 is 0 Å². The van der Waals surface area contributed by atoms with Crippen LogP contribution < -0.4 is 5.32 Å². The van der Waals surface area contributed by atoms with Crippen molar-refractivity contribution in [3.05, 3.63) is 24.0 Å². The number of nitrogens with one attached hydrogen (secondary N) is 1. The number of piperazine rings is 1. The van der Waals surface area contributed by atoms with Crippen molar-refractivity contribution in [3.8, 4) is 0 Å². The number of hydrogen-bond acceptors (Lipinski definition) is 4. The minimum absolute atomic E-state index is 0.00840. The smallest absolute Gasteiger partial charge is 0.257 e. The van der Waals surface area contributed by atoms with Gasteiger partial charge in [0, 0.05) is 44.1 Å². The van der Waals surface area contributed by atoms with Crippen molar-refractivity contribution in [2.75, 3.05) is 38.5 Å². The van der Waals surface area contributed by atoms with E-state index in [1.54, 1.807) is 12.4 Å². The first-order chi connectivity index (χ1) is 9.45. The van der Waals surface area contributed by atoms with Crippen molar-refractivity contribution in [2.45, 2.75) is 26.3 Å². The number of amides is 1. The standard InChI is InChI=1S/C15H24N4O/c1-5-17-13-6-7-16-10-12(13)14(20)19-9-8-18(4)15(2,3)11-19/h6-7,10H,5,8-9,11H2,1-4H3,(H,16,17). The molecule has 1 amide bonds. The van der Waals surface area contributed by atoms with Crippen LogP contribution in [0.25, 0.3) is 0 Å². The zero-order chi connectivity index (χ0) is 14.8. The van der Waals surface area contributed by atoms with Gasteiger partial charge in [0.2, 0.25) is 0 Å². The molecule has 20 heavy (non-hydrogen) atoms. The van der Waals surface area contributed by atoms with Crippen LogP contribution in [0.2, 0.25) is 0 Å². The van der Waals surface area contributed by atoms with Gasteiger partial charge in [-0.05, 0) is 33.9 Å². The second-order valence-corrected chi connectivity index (χ2v) is 5.91. The highest BCUT2D eigenvalue weighted by Gasteiger charge is 2.34. The lowest BCUT2D eigenvalue weighted by Crippen LogP contribution is -2.58. The maximum Gasteiger partial charge on any atom is 0.257 e. The predicted octanol–water partition coefficient (Wildman–Crippen LogP) is 1.68. The number of pyridine rings is 1. The fourth-order valence-electron chi connectivity index (χ4n) is 2.49. The molecular formula is C15H24N4O. The Labute approximate surface area is 121 Å². The first-order valence-electron chi connectivity index (χ1n) is 7.14. The molecule has 0 aromatic carbocycles. The van der Waals surface area contributed by atoms with Gasteiger partial charge in [0.15, 0.2) is 0 Å². The van der Waals surface area contributed by atoms with Crippen LogP contribution in [0.3, 0.4) is 0 Å². The summed E-state index contributed by atoms with van der Waals surface area (Å²) >= 11 is 0. The predicted molar refractivity (Wildman–Crippen MR) is 81.0 cm³/mol. The van der Waals surface area contributed by atoms with Crippen LogP contribution in [0.4, 0.5) is 5.69 Å². The van der Waals surface area contributed by atoms with Crippen LogP contribution in [0, 0.1) is 0 Å². The van der Waals surface area contributed by atoms with Crippen molar-refractivity contribution in [1.29, 1.82) is 0 Å². The maximum absolute atomic E-state index is 12.7. The van der Waals surface area contributed by atoms with E-state index in [2.05, 4.69) is 36.1 Å². The number of carbonyl (C=O) groups excluding carboxylic acids is 1. The van der Waals surface area contributed by atoms with Gasteiger partial charge < -0.3 is 10.2 Å². The number of hydrogen-bond donors (Lipinski definition) is 1. The Morgan fingerprint density at radius 2 is 2.20 bits per heavy atom. The highest BCUT2D eigenvalue weighted by Crippen LogP contribution is 2.22. The Morgan fingerprint density at radius 1 is 1.45 bits per heavy atom. The van der Waals surface area contributed by atoms with E-state index in [9.17, 15) is 4.79 Å². The molecule has 1 saturated heterocycles. The number of carbonyl (C=O) groups is 1. The van der Waals surface area contributed by atoms with E-state index in [1.807, 2.05) is 17.9 Å². The van der Waals surface area contributed by atoms with Gasteiger partial charge in [0.05, 0.1) is 11.3 Å². The van der Waals surface area contributed by atoms with Gasteiger partial charge in [-0.15, -0.1) is 0 Å². The number of anilines is 1. The van der Waals surface area contributed by atoms with Crippen molar-refractivity contribution >= 4 is 11.6 Å². The van der Waals surface area contributed by atoms with Crippen molar-refractivity contribution in [1.82, 2.24) is 14.8 Å². The molecule has 0 radical (unpaired) electrons. The van der Waals surface area contributed by atoms with Crippen LogP contribution in [-0.4, -0.2) is 59.5 Å². The highest BCUT2D eigenvalue weighted by atomic mass is 16.2. The topological polar surface area (TPSA) is 48.5 Å². The molecule has 0 aliphatic carbocycles. The maximum atomic E-state index is 12.7. The van der Waals surface area contributed by atoms with Gasteiger partial charge in [0.1, 0.15) is 0 Å². The van der Waals surface area contributed by atoms with Crippen LogP contribution in [0.5, 0.6) is 0 Å². The average Bonchev–Trinajstić information content (AvgIpc) is 2.42. The zero-order valence-electron chi connectivity index (χ0n) is 12.8. The first-order valence-corrected chi connectivity index (χ1v) is 7.14. The minimum atomic E-state index is 0.00840. The molecule has 0 spiro atoms.